The van der Waals surface area contributed by atoms with Gasteiger partial charge in [0.1, 0.15) is 0 Å². The van der Waals surface area contributed by atoms with Gasteiger partial charge in [0.2, 0.25) is 11.9 Å². The Balaban J connectivity index is 1.97. The summed E-state index contributed by atoms with van der Waals surface area (Å²) in [5.41, 5.74) is 0. The topological polar surface area (TPSA) is 66.9 Å². The number of nitrogens with zero attached hydrogens (tertiary/aromatic N) is 2. The Morgan fingerprint density at radius 1 is 1.50 bits per heavy atom. The van der Waals surface area contributed by atoms with Crippen molar-refractivity contribution < 1.29 is 4.79 Å². The predicted octanol–water partition coefficient (Wildman–Crippen LogP) is 0.382. The lowest BCUT2D eigenvalue weighted by atomic mass is 10.3. The first-order valence-corrected chi connectivity index (χ1v) is 5.33. The smallest absolute Gasteiger partial charge is 0.222 e. The monoisotopic (exact) mass is 304 g/mol. The highest BCUT2D eigenvalue weighted by molar-refractivity contribution is 14.1. The van der Waals surface area contributed by atoms with Gasteiger partial charge in [0.25, 0.3) is 0 Å². The Morgan fingerprint density at radius 2 is 2.21 bits per heavy atom. The van der Waals surface area contributed by atoms with Gasteiger partial charge in [0, 0.05) is 28.9 Å². The van der Waals surface area contributed by atoms with Crippen LogP contribution in [0.2, 0.25) is 0 Å². The zero-order valence-corrected chi connectivity index (χ0v) is 9.48. The number of hydrogen-bond donors (Lipinski definition) is 2. The minimum absolute atomic E-state index is 0.0769. The minimum Gasteiger partial charge on any atom is -0.354 e. The van der Waals surface area contributed by atoms with E-state index < -0.39 is 0 Å². The summed E-state index contributed by atoms with van der Waals surface area (Å²) >= 11 is 2.15. The number of rotatable bonds is 2. The fourth-order valence-electron chi connectivity index (χ4n) is 1.28. The molecule has 14 heavy (non-hydrogen) atoms. The molecule has 0 bridgehead atoms. The maximum Gasteiger partial charge on any atom is 0.222 e. The summed E-state index contributed by atoms with van der Waals surface area (Å²) in [6.07, 6.45) is 3.97. The molecule has 1 aliphatic rings. The standard InChI is InChI=1S/C8H9IN4O/c9-5-2-11-8(12-3-5)13-6-1-7(14)10-4-6/h2-3,6H,1,4H2,(H,10,14)(H,11,12,13). The van der Waals surface area contributed by atoms with Crippen LogP contribution in [0.15, 0.2) is 12.4 Å². The molecule has 6 heteroatoms. The molecule has 1 saturated heterocycles. The number of anilines is 1. The van der Waals surface area contributed by atoms with Gasteiger partial charge >= 0.3 is 0 Å². The van der Waals surface area contributed by atoms with Gasteiger partial charge in [0.15, 0.2) is 0 Å². The molecule has 0 aliphatic carbocycles. The second-order valence-corrected chi connectivity index (χ2v) is 4.32. The molecule has 0 saturated carbocycles. The van der Waals surface area contributed by atoms with Crippen molar-refractivity contribution in [1.82, 2.24) is 15.3 Å². The summed E-state index contributed by atoms with van der Waals surface area (Å²) in [7, 11) is 0. The van der Waals surface area contributed by atoms with Crippen molar-refractivity contribution in [2.75, 3.05) is 11.9 Å². The summed E-state index contributed by atoms with van der Waals surface area (Å²) in [6.45, 7) is 0.647. The van der Waals surface area contributed by atoms with Crippen LogP contribution in [0.25, 0.3) is 0 Å². The summed E-state index contributed by atoms with van der Waals surface area (Å²) in [5.74, 6) is 0.653. The zero-order chi connectivity index (χ0) is 9.97. The number of aromatic nitrogens is 2. The van der Waals surface area contributed by atoms with Crippen molar-refractivity contribution in [1.29, 1.82) is 0 Å². The summed E-state index contributed by atoms with van der Waals surface area (Å²) in [5, 5.41) is 5.83. The first-order valence-electron chi connectivity index (χ1n) is 4.25. The van der Waals surface area contributed by atoms with Crippen molar-refractivity contribution in [3.05, 3.63) is 16.0 Å². The third-order valence-corrected chi connectivity index (χ3v) is 2.49. The average Bonchev–Trinajstić information content (AvgIpc) is 2.56. The van der Waals surface area contributed by atoms with Crippen LogP contribution in [0.1, 0.15) is 6.42 Å². The molecule has 1 aromatic rings. The van der Waals surface area contributed by atoms with Crippen molar-refractivity contribution >= 4 is 34.4 Å². The van der Waals surface area contributed by atoms with Crippen molar-refractivity contribution in [3.63, 3.8) is 0 Å². The maximum atomic E-state index is 10.9. The molecule has 2 N–H and O–H groups in total. The predicted molar refractivity (Wildman–Crippen MR) is 59.8 cm³/mol. The Labute approximate surface area is 94.8 Å². The van der Waals surface area contributed by atoms with E-state index in [0.29, 0.717) is 18.9 Å². The van der Waals surface area contributed by atoms with Gasteiger partial charge in [-0.2, -0.15) is 0 Å². The largest absolute Gasteiger partial charge is 0.354 e. The number of amides is 1. The van der Waals surface area contributed by atoms with E-state index in [-0.39, 0.29) is 11.9 Å². The van der Waals surface area contributed by atoms with E-state index in [9.17, 15) is 4.79 Å². The lowest BCUT2D eigenvalue weighted by Gasteiger charge is -2.09. The number of carbonyl (C=O) groups excluding carboxylic acids is 1. The van der Waals surface area contributed by atoms with Gasteiger partial charge in [-0.1, -0.05) is 0 Å². The van der Waals surface area contributed by atoms with Crippen LogP contribution in [0.5, 0.6) is 0 Å². The first-order chi connectivity index (χ1) is 6.74. The van der Waals surface area contributed by atoms with Crippen LogP contribution in [0, 0.1) is 3.57 Å². The molecule has 2 rings (SSSR count). The van der Waals surface area contributed by atoms with E-state index in [1.165, 1.54) is 0 Å². The Bertz CT molecular complexity index is 340. The van der Waals surface area contributed by atoms with E-state index in [2.05, 4.69) is 43.2 Å². The van der Waals surface area contributed by atoms with E-state index in [1.807, 2.05) is 0 Å². The molecule has 0 aromatic carbocycles. The second kappa shape index (κ2) is 4.07. The van der Waals surface area contributed by atoms with E-state index in [4.69, 9.17) is 0 Å². The molecule has 1 fully saturated rings. The molecular weight excluding hydrogens is 295 g/mol. The normalized spacial score (nSPS) is 20.6. The van der Waals surface area contributed by atoms with Crippen LogP contribution in [0.4, 0.5) is 5.95 Å². The highest BCUT2D eigenvalue weighted by Crippen LogP contribution is 2.07. The van der Waals surface area contributed by atoms with E-state index in [0.717, 1.165) is 3.57 Å². The second-order valence-electron chi connectivity index (χ2n) is 3.07. The highest BCUT2D eigenvalue weighted by Gasteiger charge is 2.21. The van der Waals surface area contributed by atoms with Crippen LogP contribution < -0.4 is 10.6 Å². The molecule has 1 aromatic heterocycles. The van der Waals surface area contributed by atoms with Crippen molar-refractivity contribution in [2.45, 2.75) is 12.5 Å². The Morgan fingerprint density at radius 3 is 2.79 bits per heavy atom. The molecule has 0 spiro atoms. The fraction of sp³-hybridized carbons (Fsp3) is 0.375. The molecule has 74 valence electrons. The molecule has 5 nitrogen and oxygen atoms in total. The van der Waals surface area contributed by atoms with E-state index >= 15 is 0 Å². The summed E-state index contributed by atoms with van der Waals surface area (Å²) in [6, 6.07) is 0.113. The van der Waals surface area contributed by atoms with Gasteiger partial charge < -0.3 is 10.6 Å². The van der Waals surface area contributed by atoms with Crippen LogP contribution in [0.3, 0.4) is 0 Å². The molecule has 2 heterocycles. The third-order valence-electron chi connectivity index (χ3n) is 1.93. The highest BCUT2D eigenvalue weighted by atomic mass is 127. The Kier molecular flexibility index (Phi) is 2.80. The summed E-state index contributed by atoms with van der Waals surface area (Å²) < 4.78 is 0.994. The van der Waals surface area contributed by atoms with Crippen LogP contribution in [-0.4, -0.2) is 28.5 Å². The van der Waals surface area contributed by atoms with Gasteiger partial charge in [0.05, 0.1) is 6.04 Å². The SMILES string of the molecule is O=C1CC(Nc2ncc(I)cn2)CN1. The molecule has 1 atom stereocenters. The molecule has 0 radical (unpaired) electrons. The van der Waals surface area contributed by atoms with Gasteiger partial charge in [-0.25, -0.2) is 9.97 Å². The lowest BCUT2D eigenvalue weighted by molar-refractivity contribution is -0.119. The first kappa shape index (κ1) is 9.63. The number of hydrogen-bond acceptors (Lipinski definition) is 4. The maximum absolute atomic E-state index is 10.9. The summed E-state index contributed by atoms with van der Waals surface area (Å²) in [4.78, 5) is 19.1. The average molecular weight is 304 g/mol. The van der Waals surface area contributed by atoms with Crippen molar-refractivity contribution in [3.8, 4) is 0 Å². The zero-order valence-electron chi connectivity index (χ0n) is 7.33. The van der Waals surface area contributed by atoms with Gasteiger partial charge in [-0.05, 0) is 22.6 Å². The van der Waals surface area contributed by atoms with Gasteiger partial charge in [-0.15, -0.1) is 0 Å². The van der Waals surface area contributed by atoms with Gasteiger partial charge in [-0.3, -0.25) is 4.79 Å². The van der Waals surface area contributed by atoms with Crippen LogP contribution in [-0.2, 0) is 4.79 Å². The number of halogens is 1. The molecule has 1 amide bonds. The fourth-order valence-corrected chi connectivity index (χ4v) is 1.56. The number of nitrogens with one attached hydrogen (secondary N) is 2. The van der Waals surface area contributed by atoms with E-state index in [1.54, 1.807) is 12.4 Å². The molecule has 1 unspecified atom stereocenters. The number of carbonyl (C=O) groups is 1. The lowest BCUT2D eigenvalue weighted by Crippen LogP contribution is -2.23. The quantitative estimate of drug-likeness (QED) is 0.775. The molecular formula is C8H9IN4O. The van der Waals surface area contributed by atoms with Crippen molar-refractivity contribution in [2.24, 2.45) is 0 Å². The Hall–Kier alpha value is -0.920. The molecule has 1 aliphatic heterocycles. The van der Waals surface area contributed by atoms with Crippen LogP contribution >= 0.6 is 22.6 Å². The minimum atomic E-state index is 0.0769. The third kappa shape index (κ3) is 2.31.